The summed E-state index contributed by atoms with van der Waals surface area (Å²) in [5.74, 6) is 0.153. The number of para-hydroxylation sites is 2. The van der Waals surface area contributed by atoms with E-state index in [4.69, 9.17) is 4.98 Å². The van der Waals surface area contributed by atoms with Gasteiger partial charge in [-0.25, -0.2) is 0 Å². The zero-order chi connectivity index (χ0) is 19.0. The molecule has 1 aromatic heterocycles. The molecule has 2 aromatic carbocycles. The topological polar surface area (TPSA) is 33.2 Å². The van der Waals surface area contributed by atoms with Crippen LogP contribution in [0.1, 0.15) is 30.2 Å². The van der Waals surface area contributed by atoms with Gasteiger partial charge in [-0.15, -0.1) is 11.8 Å². The Balaban J connectivity index is 1.70. The monoisotopic (exact) mass is 376 g/mol. The van der Waals surface area contributed by atoms with Gasteiger partial charge in [0.2, 0.25) is 5.91 Å². The van der Waals surface area contributed by atoms with Crippen LogP contribution in [0, 0.1) is 13.8 Å². The van der Waals surface area contributed by atoms with E-state index < -0.39 is 0 Å². The highest BCUT2D eigenvalue weighted by Crippen LogP contribution is 2.37. The van der Waals surface area contributed by atoms with Crippen molar-refractivity contribution < 1.29 is 4.79 Å². The average Bonchev–Trinajstić information content (AvgIpc) is 2.83. The minimum Gasteiger partial charge on any atom is -0.311 e. The Morgan fingerprint density at radius 3 is 2.74 bits per heavy atom. The quantitative estimate of drug-likeness (QED) is 0.607. The van der Waals surface area contributed by atoms with Crippen molar-refractivity contribution in [1.82, 2.24) is 4.98 Å². The van der Waals surface area contributed by atoms with Crippen molar-refractivity contribution in [2.24, 2.45) is 0 Å². The number of aromatic nitrogens is 1. The van der Waals surface area contributed by atoms with Gasteiger partial charge in [0.25, 0.3) is 0 Å². The van der Waals surface area contributed by atoms with Crippen LogP contribution in [0.2, 0.25) is 0 Å². The third-order valence-corrected chi connectivity index (χ3v) is 6.60. The largest absolute Gasteiger partial charge is 0.311 e. The third-order valence-electron chi connectivity index (χ3n) is 5.36. The maximum absolute atomic E-state index is 13.3. The molecule has 0 saturated carbocycles. The Kier molecular flexibility index (Phi) is 4.92. The maximum Gasteiger partial charge on any atom is 0.231 e. The Hall–Kier alpha value is -2.33. The van der Waals surface area contributed by atoms with Crippen molar-refractivity contribution in [2.75, 3.05) is 11.4 Å². The van der Waals surface area contributed by atoms with E-state index in [1.807, 2.05) is 53.9 Å². The van der Waals surface area contributed by atoms with Crippen LogP contribution in [0.4, 0.5) is 5.69 Å². The number of carbonyl (C=O) groups excluding carboxylic acids is 1. The number of pyridine rings is 1. The first kappa shape index (κ1) is 18.1. The molecule has 138 valence electrons. The van der Waals surface area contributed by atoms with Crippen LogP contribution in [0.3, 0.4) is 0 Å². The Bertz CT molecular complexity index is 1010. The molecule has 0 aliphatic carbocycles. The molecule has 4 heteroatoms. The van der Waals surface area contributed by atoms with Gasteiger partial charge in [0, 0.05) is 27.8 Å². The molecule has 0 fully saturated rings. The summed E-state index contributed by atoms with van der Waals surface area (Å²) in [5, 5.41) is 1.64. The number of aryl methyl sites for hydroxylation is 2. The number of anilines is 1. The number of rotatable bonds is 2. The summed E-state index contributed by atoms with van der Waals surface area (Å²) < 4.78 is 0. The van der Waals surface area contributed by atoms with Crippen LogP contribution in [-0.2, 0) is 11.2 Å². The summed E-state index contributed by atoms with van der Waals surface area (Å²) in [7, 11) is 0. The Labute approximate surface area is 164 Å². The van der Waals surface area contributed by atoms with E-state index in [2.05, 4.69) is 32.0 Å². The summed E-state index contributed by atoms with van der Waals surface area (Å²) >= 11 is 1.86. The third kappa shape index (κ3) is 3.46. The first-order valence-electron chi connectivity index (χ1n) is 9.45. The predicted octanol–water partition coefficient (Wildman–Crippen LogP) is 5.31. The lowest BCUT2D eigenvalue weighted by atomic mass is 9.99. The van der Waals surface area contributed by atoms with Gasteiger partial charge >= 0.3 is 0 Å². The summed E-state index contributed by atoms with van der Waals surface area (Å²) in [6.07, 6.45) is 1.39. The summed E-state index contributed by atoms with van der Waals surface area (Å²) in [6, 6.07) is 16.4. The lowest BCUT2D eigenvalue weighted by Crippen LogP contribution is -2.34. The lowest BCUT2D eigenvalue weighted by molar-refractivity contribution is -0.118. The normalized spacial score (nSPS) is 16.9. The molecule has 1 unspecified atom stereocenters. The van der Waals surface area contributed by atoms with E-state index in [1.54, 1.807) is 0 Å². The van der Waals surface area contributed by atoms with Gasteiger partial charge in [0.15, 0.2) is 0 Å². The molecule has 1 amide bonds. The van der Waals surface area contributed by atoms with Crippen molar-refractivity contribution in [3.05, 3.63) is 65.4 Å². The van der Waals surface area contributed by atoms with E-state index >= 15 is 0 Å². The van der Waals surface area contributed by atoms with E-state index in [-0.39, 0.29) is 5.91 Å². The summed E-state index contributed by atoms with van der Waals surface area (Å²) in [6.45, 7) is 7.12. The molecule has 4 rings (SSSR count). The minimum atomic E-state index is 0.153. The number of nitrogens with zero attached hydrogens (tertiary/aromatic N) is 2. The Morgan fingerprint density at radius 1 is 1.15 bits per heavy atom. The number of amides is 1. The van der Waals surface area contributed by atoms with E-state index in [9.17, 15) is 4.79 Å². The van der Waals surface area contributed by atoms with Gasteiger partial charge in [0.1, 0.15) is 0 Å². The first-order chi connectivity index (χ1) is 13.0. The fraction of sp³-hybridized carbons (Fsp3) is 0.304. The SMILES string of the molecule is Cc1nc2ccccc2c(C)c1CC(=O)N1CCC(C)Sc2ccccc21. The van der Waals surface area contributed by atoms with Crippen molar-refractivity contribution in [3.63, 3.8) is 0 Å². The van der Waals surface area contributed by atoms with E-state index in [0.29, 0.717) is 11.7 Å². The zero-order valence-electron chi connectivity index (χ0n) is 16.0. The van der Waals surface area contributed by atoms with Crippen LogP contribution in [0.5, 0.6) is 0 Å². The number of fused-ring (bicyclic) bond motifs is 2. The van der Waals surface area contributed by atoms with Gasteiger partial charge in [-0.1, -0.05) is 37.3 Å². The van der Waals surface area contributed by atoms with E-state index in [0.717, 1.165) is 46.4 Å². The minimum absolute atomic E-state index is 0.153. The average molecular weight is 377 g/mol. The molecule has 0 saturated heterocycles. The second kappa shape index (κ2) is 7.35. The standard InChI is InChI=1S/C23H24N2OS/c1-15-12-13-25(21-10-6-7-11-22(21)27-15)23(26)14-19-16(2)18-8-4-5-9-20(18)24-17(19)3/h4-11,15H,12-14H2,1-3H3. The van der Waals surface area contributed by atoms with Crippen LogP contribution in [-0.4, -0.2) is 22.7 Å². The fourth-order valence-electron chi connectivity index (χ4n) is 3.82. The number of hydrogen-bond donors (Lipinski definition) is 0. The molecule has 1 atom stereocenters. The molecule has 3 nitrogen and oxygen atoms in total. The molecule has 1 aliphatic heterocycles. The molecule has 27 heavy (non-hydrogen) atoms. The molecule has 3 aromatic rings. The van der Waals surface area contributed by atoms with Crippen molar-refractivity contribution in [1.29, 1.82) is 0 Å². The molecule has 1 aliphatic rings. The maximum atomic E-state index is 13.3. The number of thioether (sulfide) groups is 1. The van der Waals surface area contributed by atoms with E-state index in [1.165, 1.54) is 4.90 Å². The van der Waals surface area contributed by atoms with Gasteiger partial charge in [-0.2, -0.15) is 0 Å². The van der Waals surface area contributed by atoms with Crippen LogP contribution in [0.15, 0.2) is 53.4 Å². The molecular weight excluding hydrogens is 352 g/mol. The van der Waals surface area contributed by atoms with Gasteiger partial charge in [0.05, 0.1) is 17.6 Å². The smallest absolute Gasteiger partial charge is 0.231 e. The fourth-order valence-corrected chi connectivity index (χ4v) is 4.94. The molecule has 0 N–H and O–H groups in total. The van der Waals surface area contributed by atoms with Gasteiger partial charge < -0.3 is 4.90 Å². The highest BCUT2D eigenvalue weighted by Gasteiger charge is 2.25. The van der Waals surface area contributed by atoms with Crippen LogP contribution >= 0.6 is 11.8 Å². The van der Waals surface area contributed by atoms with Crippen molar-refractivity contribution in [2.45, 2.75) is 43.8 Å². The van der Waals surface area contributed by atoms with Crippen LogP contribution in [0.25, 0.3) is 10.9 Å². The first-order valence-corrected chi connectivity index (χ1v) is 10.3. The van der Waals surface area contributed by atoms with Gasteiger partial charge in [-0.05, 0) is 49.6 Å². The molecule has 0 bridgehead atoms. The second-order valence-electron chi connectivity index (χ2n) is 7.22. The molecule has 0 spiro atoms. The Morgan fingerprint density at radius 2 is 1.89 bits per heavy atom. The second-order valence-corrected chi connectivity index (χ2v) is 8.71. The van der Waals surface area contributed by atoms with Crippen LogP contribution < -0.4 is 4.90 Å². The molecular formula is C23H24N2OS. The summed E-state index contributed by atoms with van der Waals surface area (Å²) in [5.41, 5.74) is 5.21. The highest BCUT2D eigenvalue weighted by atomic mass is 32.2. The van der Waals surface area contributed by atoms with Crippen molar-refractivity contribution >= 4 is 34.3 Å². The molecule has 0 radical (unpaired) electrons. The highest BCUT2D eigenvalue weighted by molar-refractivity contribution is 8.00. The summed E-state index contributed by atoms with van der Waals surface area (Å²) in [4.78, 5) is 21.2. The van der Waals surface area contributed by atoms with Crippen molar-refractivity contribution in [3.8, 4) is 0 Å². The lowest BCUT2D eigenvalue weighted by Gasteiger charge is -2.23. The number of benzene rings is 2. The van der Waals surface area contributed by atoms with Gasteiger partial charge in [-0.3, -0.25) is 9.78 Å². The number of carbonyl (C=O) groups is 1. The zero-order valence-corrected chi connectivity index (χ0v) is 16.8. The molecule has 2 heterocycles. The predicted molar refractivity (Wildman–Crippen MR) is 114 cm³/mol. The number of hydrogen-bond acceptors (Lipinski definition) is 3.